The van der Waals surface area contributed by atoms with E-state index in [0.717, 1.165) is 65.7 Å². The molecular weight excluding hydrogens is 374 g/mol. The number of aromatic nitrogens is 3. The highest BCUT2D eigenvalue weighted by molar-refractivity contribution is 6.06. The van der Waals surface area contributed by atoms with E-state index in [4.69, 9.17) is 9.97 Å². The van der Waals surface area contributed by atoms with E-state index >= 15 is 0 Å². The van der Waals surface area contributed by atoms with Crippen LogP contribution >= 0.6 is 0 Å². The van der Waals surface area contributed by atoms with Crippen LogP contribution in [0, 0.1) is 0 Å². The number of hydrogen-bond acceptors (Lipinski definition) is 4. The molecular formula is C24H29N5O. The van der Waals surface area contributed by atoms with Crippen molar-refractivity contribution in [1.29, 1.82) is 0 Å². The zero-order valence-electron chi connectivity index (χ0n) is 17.8. The van der Waals surface area contributed by atoms with Gasteiger partial charge in [-0.2, -0.15) is 0 Å². The van der Waals surface area contributed by atoms with E-state index in [2.05, 4.69) is 40.8 Å². The van der Waals surface area contributed by atoms with Crippen molar-refractivity contribution in [2.24, 2.45) is 0 Å². The summed E-state index contributed by atoms with van der Waals surface area (Å²) >= 11 is 0. The molecule has 0 unspecified atom stereocenters. The van der Waals surface area contributed by atoms with Gasteiger partial charge in [0.05, 0.1) is 16.6 Å². The van der Waals surface area contributed by atoms with Gasteiger partial charge in [-0.3, -0.25) is 4.79 Å². The number of fused-ring (bicyclic) bond motifs is 4. The lowest BCUT2D eigenvalue weighted by atomic mass is 10.2. The summed E-state index contributed by atoms with van der Waals surface area (Å²) in [6.07, 6.45) is 1.27. The zero-order valence-corrected chi connectivity index (χ0v) is 17.8. The van der Waals surface area contributed by atoms with Crippen molar-refractivity contribution < 1.29 is 4.79 Å². The van der Waals surface area contributed by atoms with Crippen LogP contribution < -0.4 is 5.32 Å². The van der Waals surface area contributed by atoms with Gasteiger partial charge in [-0.05, 0) is 37.7 Å². The van der Waals surface area contributed by atoms with Gasteiger partial charge in [-0.15, -0.1) is 0 Å². The smallest absolute Gasteiger partial charge is 0.220 e. The molecule has 156 valence electrons. The van der Waals surface area contributed by atoms with E-state index in [-0.39, 0.29) is 5.91 Å². The first kappa shape index (κ1) is 20.3. The first-order chi connectivity index (χ1) is 14.7. The molecule has 0 aliphatic rings. The lowest BCUT2D eigenvalue weighted by molar-refractivity contribution is -0.121. The fraction of sp³-hybridized carbons (Fsp3) is 0.375. The molecule has 1 N–H and O–H groups in total. The van der Waals surface area contributed by atoms with Crippen LogP contribution in [0.2, 0.25) is 0 Å². The molecule has 0 saturated carbocycles. The molecule has 0 aliphatic carbocycles. The molecule has 0 atom stereocenters. The Morgan fingerprint density at radius 1 is 1.00 bits per heavy atom. The van der Waals surface area contributed by atoms with Crippen molar-refractivity contribution >= 4 is 39.0 Å². The van der Waals surface area contributed by atoms with E-state index < -0.39 is 0 Å². The number of benzene rings is 2. The van der Waals surface area contributed by atoms with Crippen LogP contribution in [0.4, 0.5) is 0 Å². The average Bonchev–Trinajstić information content (AvgIpc) is 3.08. The predicted octanol–water partition coefficient (Wildman–Crippen LogP) is 3.98. The molecule has 0 aliphatic heterocycles. The summed E-state index contributed by atoms with van der Waals surface area (Å²) in [6, 6.07) is 16.2. The van der Waals surface area contributed by atoms with Gasteiger partial charge in [0.1, 0.15) is 5.52 Å². The van der Waals surface area contributed by atoms with Gasteiger partial charge >= 0.3 is 0 Å². The number of likely N-dealkylation sites (N-methyl/N-ethyl adjacent to an activating group) is 1. The highest BCUT2D eigenvalue weighted by atomic mass is 16.1. The molecule has 6 heteroatoms. The summed E-state index contributed by atoms with van der Waals surface area (Å²) in [7, 11) is 0. The Morgan fingerprint density at radius 2 is 1.70 bits per heavy atom. The first-order valence-corrected chi connectivity index (χ1v) is 10.8. The van der Waals surface area contributed by atoms with E-state index in [0.29, 0.717) is 13.0 Å². The highest BCUT2D eigenvalue weighted by Gasteiger charge is 2.14. The molecule has 0 saturated heterocycles. The number of para-hydroxylation sites is 3. The third kappa shape index (κ3) is 4.14. The van der Waals surface area contributed by atoms with Crippen LogP contribution in [0.3, 0.4) is 0 Å². The van der Waals surface area contributed by atoms with Gasteiger partial charge in [-0.1, -0.05) is 44.2 Å². The summed E-state index contributed by atoms with van der Waals surface area (Å²) in [6.45, 7) is 8.64. The number of hydrogen-bond donors (Lipinski definition) is 1. The second kappa shape index (κ2) is 9.22. The number of nitrogens with one attached hydrogen (secondary N) is 1. The predicted molar refractivity (Wildman–Crippen MR) is 123 cm³/mol. The summed E-state index contributed by atoms with van der Waals surface area (Å²) in [5.74, 6) is 0.111. The third-order valence-electron chi connectivity index (χ3n) is 5.69. The number of aryl methyl sites for hydroxylation is 1. The maximum absolute atomic E-state index is 12.3. The molecule has 2 aromatic carbocycles. The van der Waals surface area contributed by atoms with Crippen LogP contribution in [-0.4, -0.2) is 51.5 Å². The zero-order chi connectivity index (χ0) is 20.9. The number of amides is 1. The van der Waals surface area contributed by atoms with Crippen molar-refractivity contribution in [2.45, 2.75) is 33.2 Å². The topological polar surface area (TPSA) is 63.1 Å². The highest BCUT2D eigenvalue weighted by Crippen LogP contribution is 2.28. The molecule has 1 amide bonds. The van der Waals surface area contributed by atoms with Gasteiger partial charge in [0, 0.05) is 31.4 Å². The lowest BCUT2D eigenvalue weighted by Gasteiger charge is -2.17. The van der Waals surface area contributed by atoms with Crippen molar-refractivity contribution in [3.63, 3.8) is 0 Å². The maximum atomic E-state index is 12.3. The first-order valence-electron chi connectivity index (χ1n) is 10.8. The monoisotopic (exact) mass is 403 g/mol. The van der Waals surface area contributed by atoms with Crippen LogP contribution in [0.15, 0.2) is 48.5 Å². The summed E-state index contributed by atoms with van der Waals surface area (Å²) in [4.78, 5) is 24.3. The molecule has 30 heavy (non-hydrogen) atoms. The molecule has 0 bridgehead atoms. The van der Waals surface area contributed by atoms with Crippen LogP contribution in [0.1, 0.15) is 26.7 Å². The van der Waals surface area contributed by atoms with Gasteiger partial charge in [-0.25, -0.2) is 9.97 Å². The Balaban J connectivity index is 1.49. The Morgan fingerprint density at radius 3 is 2.47 bits per heavy atom. The number of rotatable bonds is 9. The summed E-state index contributed by atoms with van der Waals surface area (Å²) < 4.78 is 2.20. The van der Waals surface area contributed by atoms with Crippen molar-refractivity contribution in [3.8, 4) is 0 Å². The molecule has 0 spiro atoms. The second-order valence-electron chi connectivity index (χ2n) is 7.53. The van der Waals surface area contributed by atoms with E-state index in [1.165, 1.54) is 0 Å². The van der Waals surface area contributed by atoms with Gasteiger partial charge in [0.25, 0.3) is 0 Å². The molecule has 2 aromatic heterocycles. The van der Waals surface area contributed by atoms with E-state index in [1.54, 1.807) is 0 Å². The maximum Gasteiger partial charge on any atom is 0.220 e. The SMILES string of the molecule is CCN(CC)CCNC(=O)CCCn1c2ccccc2c2nc3ccccc3nc21. The van der Waals surface area contributed by atoms with Crippen LogP contribution in [-0.2, 0) is 11.3 Å². The fourth-order valence-corrected chi connectivity index (χ4v) is 3.99. The number of carbonyl (C=O) groups is 1. The average molecular weight is 404 g/mol. The van der Waals surface area contributed by atoms with Gasteiger partial charge in [0.2, 0.25) is 5.91 Å². The Bertz CT molecular complexity index is 1160. The lowest BCUT2D eigenvalue weighted by Crippen LogP contribution is -2.34. The molecule has 0 fully saturated rings. The molecule has 2 heterocycles. The fourth-order valence-electron chi connectivity index (χ4n) is 3.99. The van der Waals surface area contributed by atoms with Crippen molar-refractivity contribution in [2.75, 3.05) is 26.2 Å². The Hall–Kier alpha value is -2.99. The van der Waals surface area contributed by atoms with E-state index in [1.807, 2.05) is 36.4 Å². The summed E-state index contributed by atoms with van der Waals surface area (Å²) in [5, 5.41) is 4.15. The quantitative estimate of drug-likeness (QED) is 0.459. The minimum atomic E-state index is 0.111. The largest absolute Gasteiger partial charge is 0.355 e. The Kier molecular flexibility index (Phi) is 6.23. The summed E-state index contributed by atoms with van der Waals surface area (Å²) in [5.41, 5.74) is 4.72. The molecule has 0 radical (unpaired) electrons. The standard InChI is InChI=1S/C24H29N5O/c1-3-28(4-2)17-15-25-22(30)14-9-16-29-21-13-8-5-10-18(21)23-24(29)27-20-12-7-6-11-19(20)26-23/h5-8,10-13H,3-4,9,14-17H2,1-2H3,(H,25,30). The molecule has 4 aromatic rings. The molecule has 4 rings (SSSR count). The second-order valence-corrected chi connectivity index (χ2v) is 7.53. The minimum absolute atomic E-state index is 0.111. The normalized spacial score (nSPS) is 11.7. The van der Waals surface area contributed by atoms with Gasteiger partial charge in [0.15, 0.2) is 5.65 Å². The van der Waals surface area contributed by atoms with Crippen molar-refractivity contribution in [1.82, 2.24) is 24.8 Å². The van der Waals surface area contributed by atoms with E-state index in [9.17, 15) is 4.79 Å². The molecule has 6 nitrogen and oxygen atoms in total. The van der Waals surface area contributed by atoms with Crippen molar-refractivity contribution in [3.05, 3.63) is 48.5 Å². The number of nitrogens with zero attached hydrogens (tertiary/aromatic N) is 4. The van der Waals surface area contributed by atoms with Crippen LogP contribution in [0.25, 0.3) is 33.1 Å². The number of carbonyl (C=O) groups excluding carboxylic acids is 1. The third-order valence-corrected chi connectivity index (χ3v) is 5.69. The van der Waals surface area contributed by atoms with Crippen LogP contribution in [0.5, 0.6) is 0 Å². The minimum Gasteiger partial charge on any atom is -0.355 e. The Labute approximate surface area is 176 Å². The van der Waals surface area contributed by atoms with Gasteiger partial charge < -0.3 is 14.8 Å².